The molecule has 0 aliphatic carbocycles. The summed E-state index contributed by atoms with van der Waals surface area (Å²) >= 11 is 1.75. The molecule has 1 aliphatic heterocycles. The predicted octanol–water partition coefficient (Wildman–Crippen LogP) is 4.95. The number of piperazine rings is 1. The number of hydrogen-bond acceptors (Lipinski definition) is 4. The number of benzene rings is 3. The second-order valence-electron chi connectivity index (χ2n) is 7.24. The van der Waals surface area contributed by atoms with Crippen molar-refractivity contribution in [3.8, 4) is 5.75 Å². The summed E-state index contributed by atoms with van der Waals surface area (Å²) in [6.07, 6.45) is 0. The number of amides is 1. The summed E-state index contributed by atoms with van der Waals surface area (Å²) in [5.74, 6) is 1.68. The first-order valence-electron chi connectivity index (χ1n) is 10.2. The number of anilines is 1. The fourth-order valence-electron chi connectivity index (χ4n) is 3.69. The van der Waals surface area contributed by atoms with Crippen molar-refractivity contribution in [2.45, 2.75) is 10.6 Å². The summed E-state index contributed by atoms with van der Waals surface area (Å²) in [4.78, 5) is 18.6. The fourth-order valence-corrected chi connectivity index (χ4v) is 4.59. The van der Waals surface area contributed by atoms with Gasteiger partial charge in [0.25, 0.3) is 5.91 Å². The predicted molar refractivity (Wildman–Crippen MR) is 124 cm³/mol. The quantitative estimate of drug-likeness (QED) is 0.530. The van der Waals surface area contributed by atoms with Crippen LogP contribution in [0.25, 0.3) is 0 Å². The van der Waals surface area contributed by atoms with Gasteiger partial charge in [0.15, 0.2) is 0 Å². The minimum atomic E-state index is 0.0938. The highest BCUT2D eigenvalue weighted by Crippen LogP contribution is 2.29. The van der Waals surface area contributed by atoms with Gasteiger partial charge < -0.3 is 14.5 Å². The lowest BCUT2D eigenvalue weighted by Gasteiger charge is -2.36. The Kier molecular flexibility index (Phi) is 6.60. The minimum Gasteiger partial charge on any atom is -0.496 e. The van der Waals surface area contributed by atoms with E-state index in [1.165, 1.54) is 10.6 Å². The van der Waals surface area contributed by atoms with Crippen LogP contribution < -0.4 is 9.64 Å². The van der Waals surface area contributed by atoms with E-state index in [-0.39, 0.29) is 5.91 Å². The van der Waals surface area contributed by atoms with E-state index in [2.05, 4.69) is 41.3 Å². The molecular formula is C25H26N2O2S. The maximum atomic E-state index is 13.1. The molecule has 3 aromatic rings. The zero-order chi connectivity index (χ0) is 20.8. The van der Waals surface area contributed by atoms with Gasteiger partial charge in [0.2, 0.25) is 0 Å². The second-order valence-corrected chi connectivity index (χ2v) is 8.29. The van der Waals surface area contributed by atoms with E-state index < -0.39 is 0 Å². The highest BCUT2D eigenvalue weighted by Gasteiger charge is 2.23. The lowest BCUT2D eigenvalue weighted by molar-refractivity contribution is 0.0746. The molecule has 4 rings (SSSR count). The minimum absolute atomic E-state index is 0.0938. The number of carbonyl (C=O) groups is 1. The summed E-state index contributed by atoms with van der Waals surface area (Å²) in [6, 6.07) is 26.4. The van der Waals surface area contributed by atoms with Crippen molar-refractivity contribution in [2.75, 3.05) is 38.2 Å². The number of methoxy groups -OCH3 is 1. The van der Waals surface area contributed by atoms with Crippen LogP contribution in [0, 0.1) is 0 Å². The summed E-state index contributed by atoms with van der Waals surface area (Å²) in [5, 5.41) is 0. The zero-order valence-corrected chi connectivity index (χ0v) is 18.0. The Morgan fingerprint density at radius 1 is 0.900 bits per heavy atom. The van der Waals surface area contributed by atoms with E-state index in [1.807, 2.05) is 47.4 Å². The van der Waals surface area contributed by atoms with Crippen LogP contribution in [0.3, 0.4) is 0 Å². The smallest absolute Gasteiger partial charge is 0.253 e. The van der Waals surface area contributed by atoms with E-state index in [9.17, 15) is 4.79 Å². The van der Waals surface area contributed by atoms with E-state index in [1.54, 1.807) is 18.9 Å². The van der Waals surface area contributed by atoms with Gasteiger partial charge in [-0.25, -0.2) is 0 Å². The molecule has 30 heavy (non-hydrogen) atoms. The molecule has 0 saturated carbocycles. The number of rotatable bonds is 6. The van der Waals surface area contributed by atoms with Crippen LogP contribution in [-0.2, 0) is 5.75 Å². The Morgan fingerprint density at radius 3 is 2.23 bits per heavy atom. The van der Waals surface area contributed by atoms with E-state index in [0.717, 1.165) is 48.8 Å². The van der Waals surface area contributed by atoms with Gasteiger partial charge in [0.1, 0.15) is 5.75 Å². The van der Waals surface area contributed by atoms with Gasteiger partial charge in [0, 0.05) is 53.6 Å². The maximum Gasteiger partial charge on any atom is 0.253 e. The lowest BCUT2D eigenvalue weighted by Crippen LogP contribution is -2.48. The molecule has 1 aliphatic rings. The van der Waals surface area contributed by atoms with E-state index in [0.29, 0.717) is 0 Å². The Hall–Kier alpha value is -2.92. The monoisotopic (exact) mass is 418 g/mol. The largest absolute Gasteiger partial charge is 0.496 e. The molecule has 0 unspecified atom stereocenters. The van der Waals surface area contributed by atoms with Gasteiger partial charge in [-0.1, -0.05) is 36.4 Å². The topological polar surface area (TPSA) is 32.8 Å². The number of thioether (sulfide) groups is 1. The molecule has 1 saturated heterocycles. The normalized spacial score (nSPS) is 13.9. The van der Waals surface area contributed by atoms with Crippen molar-refractivity contribution in [3.63, 3.8) is 0 Å². The molecular weight excluding hydrogens is 392 g/mol. The Balaban J connectivity index is 1.42. The molecule has 0 radical (unpaired) electrons. The van der Waals surface area contributed by atoms with Crippen molar-refractivity contribution < 1.29 is 9.53 Å². The molecule has 0 aromatic heterocycles. The molecule has 154 valence electrons. The van der Waals surface area contributed by atoms with Gasteiger partial charge in [-0.15, -0.1) is 11.8 Å². The summed E-state index contributed by atoms with van der Waals surface area (Å²) in [5.41, 5.74) is 2.99. The molecule has 4 nitrogen and oxygen atoms in total. The van der Waals surface area contributed by atoms with Crippen LogP contribution in [0.2, 0.25) is 0 Å². The van der Waals surface area contributed by atoms with Crippen molar-refractivity contribution in [3.05, 3.63) is 90.0 Å². The zero-order valence-electron chi connectivity index (χ0n) is 17.2. The first kappa shape index (κ1) is 20.4. The van der Waals surface area contributed by atoms with Crippen LogP contribution in [-0.4, -0.2) is 44.1 Å². The van der Waals surface area contributed by atoms with Crippen molar-refractivity contribution >= 4 is 23.4 Å². The van der Waals surface area contributed by atoms with Crippen molar-refractivity contribution in [1.82, 2.24) is 4.90 Å². The molecule has 5 heteroatoms. The summed E-state index contributed by atoms with van der Waals surface area (Å²) in [6.45, 7) is 3.16. The third-order valence-corrected chi connectivity index (χ3v) is 6.41. The molecule has 1 fully saturated rings. The van der Waals surface area contributed by atoms with Gasteiger partial charge in [0.05, 0.1) is 7.11 Å². The van der Waals surface area contributed by atoms with Crippen LogP contribution in [0.4, 0.5) is 5.69 Å². The second kappa shape index (κ2) is 9.72. The number of ether oxygens (including phenoxy) is 1. The Morgan fingerprint density at radius 2 is 1.57 bits per heavy atom. The number of carbonyl (C=O) groups excluding carboxylic acids is 1. The van der Waals surface area contributed by atoms with Crippen LogP contribution in [0.5, 0.6) is 5.75 Å². The van der Waals surface area contributed by atoms with Crippen LogP contribution >= 0.6 is 11.8 Å². The summed E-state index contributed by atoms with van der Waals surface area (Å²) < 4.78 is 5.53. The highest BCUT2D eigenvalue weighted by atomic mass is 32.2. The molecule has 0 N–H and O–H groups in total. The molecule has 1 amide bonds. The molecule has 3 aromatic carbocycles. The molecule has 0 spiro atoms. The SMILES string of the molecule is COc1ccc(C(=O)N2CCN(c3ccccc3)CC2)cc1CSc1ccccc1. The van der Waals surface area contributed by atoms with Crippen LogP contribution in [0.1, 0.15) is 15.9 Å². The lowest BCUT2D eigenvalue weighted by atomic mass is 10.1. The van der Waals surface area contributed by atoms with E-state index in [4.69, 9.17) is 4.74 Å². The molecule has 1 heterocycles. The van der Waals surface area contributed by atoms with Crippen molar-refractivity contribution in [2.24, 2.45) is 0 Å². The van der Waals surface area contributed by atoms with E-state index >= 15 is 0 Å². The average Bonchev–Trinajstić information content (AvgIpc) is 2.83. The fraction of sp³-hybridized carbons (Fsp3) is 0.240. The highest BCUT2D eigenvalue weighted by molar-refractivity contribution is 7.98. The van der Waals surface area contributed by atoms with Crippen LogP contribution in [0.15, 0.2) is 83.8 Å². The third-order valence-electron chi connectivity index (χ3n) is 5.35. The standard InChI is InChI=1S/C25H26N2O2S/c1-29-24-13-12-20(18-21(24)19-30-23-10-6-3-7-11-23)25(28)27-16-14-26(15-17-27)22-8-4-2-5-9-22/h2-13,18H,14-17,19H2,1H3. The van der Waals surface area contributed by atoms with Gasteiger partial charge >= 0.3 is 0 Å². The number of para-hydroxylation sites is 1. The summed E-state index contributed by atoms with van der Waals surface area (Å²) in [7, 11) is 1.68. The average molecular weight is 419 g/mol. The molecule has 0 atom stereocenters. The molecule has 0 bridgehead atoms. The van der Waals surface area contributed by atoms with Crippen molar-refractivity contribution in [1.29, 1.82) is 0 Å². The first-order valence-corrected chi connectivity index (χ1v) is 11.2. The maximum absolute atomic E-state index is 13.1. The Labute approximate surface area is 182 Å². The Bertz CT molecular complexity index is 971. The number of hydrogen-bond donors (Lipinski definition) is 0. The first-order chi connectivity index (χ1) is 14.7. The van der Waals surface area contributed by atoms with Gasteiger partial charge in [-0.2, -0.15) is 0 Å². The van der Waals surface area contributed by atoms with Gasteiger partial charge in [-0.3, -0.25) is 4.79 Å². The number of nitrogens with zero attached hydrogens (tertiary/aromatic N) is 2. The van der Waals surface area contributed by atoms with Gasteiger partial charge in [-0.05, 0) is 42.5 Å². The third kappa shape index (κ3) is 4.79.